The number of amides is 1. The van der Waals surface area contributed by atoms with Crippen molar-refractivity contribution in [1.82, 2.24) is 4.90 Å². The first-order valence-corrected chi connectivity index (χ1v) is 8.02. The van der Waals surface area contributed by atoms with Gasteiger partial charge in [-0.1, -0.05) is 51.1 Å². The van der Waals surface area contributed by atoms with E-state index in [0.29, 0.717) is 6.54 Å². The molecule has 1 aliphatic heterocycles. The predicted octanol–water partition coefficient (Wildman–Crippen LogP) is 3.16. The number of nitrogens with zero attached hydrogens (tertiary/aromatic N) is 2. The normalized spacial score (nSPS) is 25.8. The number of allylic oxidation sites excluding steroid dienone is 2. The minimum Gasteiger partial charge on any atom is -0.282 e. The summed E-state index contributed by atoms with van der Waals surface area (Å²) in [5.74, 6) is 0.217. The second-order valence-electron chi connectivity index (χ2n) is 7.40. The van der Waals surface area contributed by atoms with Crippen molar-refractivity contribution in [3.63, 3.8) is 0 Å². The molecule has 2 aliphatic rings. The van der Waals surface area contributed by atoms with Gasteiger partial charge in [0.25, 0.3) is 5.91 Å². The first kappa shape index (κ1) is 15.0. The lowest BCUT2D eigenvalue weighted by atomic mass is 9.91. The van der Waals surface area contributed by atoms with E-state index in [0.717, 1.165) is 12.8 Å². The maximum absolute atomic E-state index is 12.2. The molecule has 0 N–H and O–H groups in total. The standard InChI is InChI=1S/C19H25N2O/c1-19(2,3)18-20(4)17(22)13-21(18)16-11-10-15(12-16)14-8-6-5-7-9-14/h5-9,12,18H,10-11,13H2,1-4H3/q+1/b21-16+/t18-/m1/s1. The van der Waals surface area contributed by atoms with Gasteiger partial charge in [0.05, 0.1) is 0 Å². The third-order valence-corrected chi connectivity index (χ3v) is 4.64. The van der Waals surface area contributed by atoms with Crippen LogP contribution >= 0.6 is 0 Å². The topological polar surface area (TPSA) is 23.3 Å². The van der Waals surface area contributed by atoms with Gasteiger partial charge in [0.2, 0.25) is 12.7 Å². The van der Waals surface area contributed by atoms with Crippen molar-refractivity contribution < 1.29 is 9.37 Å². The summed E-state index contributed by atoms with van der Waals surface area (Å²) in [6.45, 7) is 7.12. The van der Waals surface area contributed by atoms with Crippen molar-refractivity contribution in [1.29, 1.82) is 0 Å². The van der Waals surface area contributed by atoms with Gasteiger partial charge in [0.1, 0.15) is 0 Å². The Morgan fingerprint density at radius 1 is 1.14 bits per heavy atom. The molecule has 116 valence electrons. The zero-order valence-corrected chi connectivity index (χ0v) is 14.0. The molecule has 1 saturated heterocycles. The lowest BCUT2D eigenvalue weighted by Crippen LogP contribution is -2.44. The summed E-state index contributed by atoms with van der Waals surface area (Å²) in [5.41, 5.74) is 4.02. The Morgan fingerprint density at radius 3 is 2.45 bits per heavy atom. The van der Waals surface area contributed by atoms with Crippen LogP contribution in [0.25, 0.3) is 5.57 Å². The first-order valence-electron chi connectivity index (χ1n) is 8.02. The van der Waals surface area contributed by atoms with Crippen LogP contribution in [0.15, 0.2) is 36.4 Å². The van der Waals surface area contributed by atoms with Crippen LogP contribution in [-0.2, 0) is 4.79 Å². The Morgan fingerprint density at radius 2 is 1.82 bits per heavy atom. The van der Waals surface area contributed by atoms with Gasteiger partial charge in [-0.15, -0.1) is 0 Å². The highest BCUT2D eigenvalue weighted by molar-refractivity contribution is 6.03. The molecule has 1 amide bonds. The Kier molecular flexibility index (Phi) is 3.67. The quantitative estimate of drug-likeness (QED) is 0.730. The van der Waals surface area contributed by atoms with Gasteiger partial charge in [-0.3, -0.25) is 9.69 Å². The van der Waals surface area contributed by atoms with Crippen LogP contribution in [0.4, 0.5) is 0 Å². The Bertz CT molecular complexity index is 650. The summed E-state index contributed by atoms with van der Waals surface area (Å²) in [4.78, 5) is 14.1. The summed E-state index contributed by atoms with van der Waals surface area (Å²) in [5, 5.41) is 0. The molecule has 3 rings (SSSR count). The number of benzene rings is 1. The molecule has 1 aliphatic carbocycles. The monoisotopic (exact) mass is 297 g/mol. The molecule has 0 saturated carbocycles. The predicted molar refractivity (Wildman–Crippen MR) is 89.8 cm³/mol. The molecule has 0 unspecified atom stereocenters. The number of carbonyl (C=O) groups excluding carboxylic acids is 1. The van der Waals surface area contributed by atoms with Gasteiger partial charge in [0, 0.05) is 25.0 Å². The van der Waals surface area contributed by atoms with Crippen molar-refractivity contribution in [2.45, 2.75) is 39.8 Å². The zero-order valence-electron chi connectivity index (χ0n) is 14.0. The van der Waals surface area contributed by atoms with Crippen LogP contribution in [0.2, 0.25) is 0 Å². The largest absolute Gasteiger partial charge is 0.292 e. The van der Waals surface area contributed by atoms with Crippen LogP contribution in [0, 0.1) is 5.41 Å². The zero-order chi connectivity index (χ0) is 15.9. The van der Waals surface area contributed by atoms with E-state index < -0.39 is 0 Å². The van der Waals surface area contributed by atoms with Crippen LogP contribution in [0.3, 0.4) is 0 Å². The third kappa shape index (κ3) is 2.60. The summed E-state index contributed by atoms with van der Waals surface area (Å²) in [6, 6.07) is 10.5. The van der Waals surface area contributed by atoms with E-state index in [4.69, 9.17) is 0 Å². The highest BCUT2D eigenvalue weighted by Gasteiger charge is 2.48. The maximum Gasteiger partial charge on any atom is 0.292 e. The highest BCUT2D eigenvalue weighted by Crippen LogP contribution is 2.32. The molecular weight excluding hydrogens is 272 g/mol. The molecule has 0 aromatic heterocycles. The SMILES string of the molecule is CN1C(=O)C/[N+](=C2\C=C(c3ccccc3)CC2)[C@@H]1C(C)(C)C. The lowest BCUT2D eigenvalue weighted by Gasteiger charge is -2.28. The van der Waals surface area contributed by atoms with Crippen LogP contribution in [0.5, 0.6) is 0 Å². The molecule has 0 bridgehead atoms. The molecule has 1 aromatic carbocycles. The number of carbonyl (C=O) groups is 1. The van der Waals surface area contributed by atoms with Gasteiger partial charge in [-0.2, -0.15) is 0 Å². The number of rotatable bonds is 1. The smallest absolute Gasteiger partial charge is 0.282 e. The van der Waals surface area contributed by atoms with Crippen LogP contribution < -0.4 is 0 Å². The fourth-order valence-corrected chi connectivity index (χ4v) is 3.71. The average Bonchev–Trinajstić information content (AvgIpc) is 3.05. The van der Waals surface area contributed by atoms with Crippen molar-refractivity contribution in [3.05, 3.63) is 42.0 Å². The van der Waals surface area contributed by atoms with Crippen molar-refractivity contribution in [2.24, 2.45) is 5.41 Å². The van der Waals surface area contributed by atoms with E-state index in [-0.39, 0.29) is 17.5 Å². The minimum absolute atomic E-state index is 0.0389. The number of hydrogen-bond donors (Lipinski definition) is 0. The molecule has 3 nitrogen and oxygen atoms in total. The molecule has 1 heterocycles. The van der Waals surface area contributed by atoms with E-state index in [9.17, 15) is 4.79 Å². The van der Waals surface area contributed by atoms with Crippen molar-refractivity contribution in [2.75, 3.05) is 13.6 Å². The van der Waals surface area contributed by atoms with Gasteiger partial charge in [0.15, 0.2) is 5.71 Å². The maximum atomic E-state index is 12.2. The lowest BCUT2D eigenvalue weighted by molar-refractivity contribution is -0.571. The molecule has 22 heavy (non-hydrogen) atoms. The summed E-state index contributed by atoms with van der Waals surface area (Å²) in [7, 11) is 1.93. The van der Waals surface area contributed by atoms with Crippen molar-refractivity contribution in [3.8, 4) is 0 Å². The molecule has 1 fully saturated rings. The molecule has 3 heteroatoms. The van der Waals surface area contributed by atoms with Gasteiger partial charge < -0.3 is 0 Å². The second-order valence-corrected chi connectivity index (χ2v) is 7.40. The summed E-state index contributed by atoms with van der Waals surface area (Å²) >= 11 is 0. The fraction of sp³-hybridized carbons (Fsp3) is 0.474. The van der Waals surface area contributed by atoms with E-state index >= 15 is 0 Å². The molecule has 0 radical (unpaired) electrons. The Balaban J connectivity index is 2.00. The van der Waals surface area contributed by atoms with E-state index in [2.05, 4.69) is 55.7 Å². The summed E-state index contributed by atoms with van der Waals surface area (Å²) < 4.78 is 2.30. The van der Waals surface area contributed by atoms with Gasteiger partial charge in [-0.25, -0.2) is 4.58 Å². The van der Waals surface area contributed by atoms with Gasteiger partial charge in [-0.05, 0) is 17.6 Å². The molecule has 1 atom stereocenters. The minimum atomic E-state index is 0.0389. The Labute approximate surface area is 133 Å². The van der Waals surface area contributed by atoms with E-state index in [1.807, 2.05) is 18.0 Å². The molecule has 0 spiro atoms. The molecular formula is C19H25N2O+. The fourth-order valence-electron chi connectivity index (χ4n) is 3.71. The van der Waals surface area contributed by atoms with Crippen LogP contribution in [-0.4, -0.2) is 40.9 Å². The average molecular weight is 297 g/mol. The number of likely N-dealkylation sites (N-methyl/N-ethyl adjacent to an activating group) is 1. The molecule has 1 aromatic rings. The Hall–Kier alpha value is -1.90. The van der Waals surface area contributed by atoms with E-state index in [1.165, 1.54) is 16.8 Å². The third-order valence-electron chi connectivity index (χ3n) is 4.64. The second kappa shape index (κ2) is 5.38. The van der Waals surface area contributed by atoms with Crippen molar-refractivity contribution >= 4 is 17.2 Å². The van der Waals surface area contributed by atoms with Gasteiger partial charge >= 0.3 is 0 Å². The highest BCUT2D eigenvalue weighted by atomic mass is 16.2. The summed E-state index contributed by atoms with van der Waals surface area (Å²) in [6.07, 6.45) is 4.52. The van der Waals surface area contributed by atoms with Crippen LogP contribution in [0.1, 0.15) is 39.2 Å². The first-order chi connectivity index (χ1) is 10.4. The number of hydrogen-bond acceptors (Lipinski definition) is 1. The van der Waals surface area contributed by atoms with E-state index in [1.54, 1.807) is 0 Å².